The molecular formula is C15H22N2O. The highest BCUT2D eigenvalue weighted by molar-refractivity contribution is 5.84. The number of unbranched alkanes of at least 4 members (excludes halogenated alkanes) is 1. The number of hydrogen-bond donors (Lipinski definition) is 1. The van der Waals surface area contributed by atoms with E-state index in [0.717, 1.165) is 19.3 Å². The lowest BCUT2D eigenvalue weighted by Gasteiger charge is -2.21. The third kappa shape index (κ3) is 2.41. The smallest absolute Gasteiger partial charge is 0.241 e. The highest BCUT2D eigenvalue weighted by atomic mass is 16.2. The van der Waals surface area contributed by atoms with Crippen molar-refractivity contribution in [2.45, 2.75) is 45.3 Å². The van der Waals surface area contributed by atoms with Gasteiger partial charge in [0.2, 0.25) is 5.91 Å². The van der Waals surface area contributed by atoms with E-state index in [1.807, 2.05) is 24.1 Å². The quantitative estimate of drug-likeness (QED) is 0.885. The van der Waals surface area contributed by atoms with Gasteiger partial charge in [-0.1, -0.05) is 44.0 Å². The van der Waals surface area contributed by atoms with Gasteiger partial charge >= 0.3 is 0 Å². The summed E-state index contributed by atoms with van der Waals surface area (Å²) in [6.07, 6.45) is 3.19. The molecule has 0 spiro atoms. The van der Waals surface area contributed by atoms with Gasteiger partial charge in [0.15, 0.2) is 0 Å². The molecule has 0 saturated carbocycles. The van der Waals surface area contributed by atoms with Crippen LogP contribution in [0.5, 0.6) is 0 Å². The summed E-state index contributed by atoms with van der Waals surface area (Å²) in [6.45, 7) is 4.25. The van der Waals surface area contributed by atoms with E-state index in [4.69, 9.17) is 0 Å². The van der Waals surface area contributed by atoms with Crippen molar-refractivity contribution in [1.82, 2.24) is 10.2 Å². The zero-order chi connectivity index (χ0) is 13.1. The largest absolute Gasteiger partial charge is 0.325 e. The average molecular weight is 246 g/mol. The molecule has 1 aliphatic rings. The Balaban J connectivity index is 2.16. The molecule has 1 aromatic carbocycles. The molecule has 1 aromatic rings. The molecule has 1 N–H and O–H groups in total. The molecule has 1 aliphatic heterocycles. The molecule has 0 aliphatic carbocycles. The van der Waals surface area contributed by atoms with Crippen LogP contribution in [-0.2, 0) is 4.79 Å². The fourth-order valence-electron chi connectivity index (χ4n) is 2.55. The summed E-state index contributed by atoms with van der Waals surface area (Å²) in [6, 6.07) is 8.24. The number of benzene rings is 1. The molecule has 18 heavy (non-hydrogen) atoms. The molecule has 3 nitrogen and oxygen atoms in total. The van der Waals surface area contributed by atoms with Crippen molar-refractivity contribution in [1.29, 1.82) is 0 Å². The summed E-state index contributed by atoms with van der Waals surface area (Å²) >= 11 is 0. The molecule has 1 fully saturated rings. The lowest BCUT2D eigenvalue weighted by molar-refractivity contribution is -0.128. The Morgan fingerprint density at radius 1 is 1.33 bits per heavy atom. The zero-order valence-electron chi connectivity index (χ0n) is 11.4. The van der Waals surface area contributed by atoms with Gasteiger partial charge in [-0.2, -0.15) is 0 Å². The molecule has 1 amide bonds. The van der Waals surface area contributed by atoms with E-state index in [9.17, 15) is 4.79 Å². The van der Waals surface area contributed by atoms with E-state index in [0.29, 0.717) is 0 Å². The Morgan fingerprint density at radius 2 is 2.06 bits per heavy atom. The first kappa shape index (κ1) is 13.1. The second kappa shape index (κ2) is 5.53. The van der Waals surface area contributed by atoms with Crippen molar-refractivity contribution in [3.8, 4) is 0 Å². The summed E-state index contributed by atoms with van der Waals surface area (Å²) in [5.74, 6) is 0.219. The molecule has 0 radical (unpaired) electrons. The van der Waals surface area contributed by atoms with Crippen LogP contribution in [0, 0.1) is 6.92 Å². The van der Waals surface area contributed by atoms with Gasteiger partial charge in [0.05, 0.1) is 6.04 Å². The number of hydrogen-bond acceptors (Lipinski definition) is 2. The molecule has 0 aromatic heterocycles. The lowest BCUT2D eigenvalue weighted by atomic mass is 10.1. The van der Waals surface area contributed by atoms with Crippen molar-refractivity contribution in [3.05, 3.63) is 35.4 Å². The van der Waals surface area contributed by atoms with Gasteiger partial charge < -0.3 is 4.90 Å². The normalized spacial score (nSPS) is 23.7. The fourth-order valence-corrected chi connectivity index (χ4v) is 2.55. The third-order valence-electron chi connectivity index (χ3n) is 3.72. The van der Waals surface area contributed by atoms with Crippen LogP contribution in [0.15, 0.2) is 24.3 Å². The number of carbonyl (C=O) groups is 1. The molecule has 1 heterocycles. The van der Waals surface area contributed by atoms with Gasteiger partial charge in [-0.25, -0.2) is 0 Å². The van der Waals surface area contributed by atoms with Crippen LogP contribution in [0.3, 0.4) is 0 Å². The molecular weight excluding hydrogens is 224 g/mol. The summed E-state index contributed by atoms with van der Waals surface area (Å²) in [7, 11) is 1.89. The Hall–Kier alpha value is -1.35. The SMILES string of the molecule is CCCCC1NC(c2ccccc2C)N(C)C1=O. The second-order valence-corrected chi connectivity index (χ2v) is 5.07. The first-order valence-electron chi connectivity index (χ1n) is 6.73. The Bertz CT molecular complexity index is 430. The van der Waals surface area contributed by atoms with Crippen LogP contribution in [0.4, 0.5) is 0 Å². The lowest BCUT2D eigenvalue weighted by Crippen LogP contribution is -2.28. The number of aryl methyl sites for hydroxylation is 1. The predicted octanol–water partition coefficient (Wildman–Crippen LogP) is 2.61. The molecule has 3 heteroatoms. The van der Waals surface area contributed by atoms with Crippen molar-refractivity contribution in [2.75, 3.05) is 7.05 Å². The zero-order valence-corrected chi connectivity index (χ0v) is 11.4. The van der Waals surface area contributed by atoms with Crippen LogP contribution in [-0.4, -0.2) is 23.9 Å². The first-order chi connectivity index (χ1) is 8.65. The van der Waals surface area contributed by atoms with Crippen molar-refractivity contribution >= 4 is 5.91 Å². The minimum atomic E-state index is -0.0143. The Morgan fingerprint density at radius 3 is 2.72 bits per heavy atom. The summed E-state index contributed by atoms with van der Waals surface area (Å²) < 4.78 is 0. The predicted molar refractivity (Wildman–Crippen MR) is 73.1 cm³/mol. The number of nitrogens with one attached hydrogen (secondary N) is 1. The molecule has 2 atom stereocenters. The molecule has 2 unspecified atom stereocenters. The minimum absolute atomic E-state index is 0.0143. The monoisotopic (exact) mass is 246 g/mol. The average Bonchev–Trinajstić information content (AvgIpc) is 2.65. The maximum absolute atomic E-state index is 12.2. The van der Waals surface area contributed by atoms with Gasteiger partial charge in [-0.3, -0.25) is 10.1 Å². The molecule has 0 bridgehead atoms. The third-order valence-corrected chi connectivity index (χ3v) is 3.72. The van der Waals surface area contributed by atoms with Crippen LogP contribution in [0.2, 0.25) is 0 Å². The molecule has 2 rings (SSSR count). The van der Waals surface area contributed by atoms with Gasteiger partial charge in [0.1, 0.15) is 6.17 Å². The minimum Gasteiger partial charge on any atom is -0.325 e. The highest BCUT2D eigenvalue weighted by Gasteiger charge is 2.36. The summed E-state index contributed by atoms with van der Waals surface area (Å²) in [4.78, 5) is 14.0. The van der Waals surface area contributed by atoms with Crippen molar-refractivity contribution < 1.29 is 4.79 Å². The summed E-state index contributed by atoms with van der Waals surface area (Å²) in [5, 5.41) is 3.46. The maximum Gasteiger partial charge on any atom is 0.241 e. The van der Waals surface area contributed by atoms with E-state index >= 15 is 0 Å². The number of nitrogens with zero attached hydrogens (tertiary/aromatic N) is 1. The van der Waals surface area contributed by atoms with Crippen LogP contribution in [0.1, 0.15) is 43.5 Å². The Kier molecular flexibility index (Phi) is 4.02. The van der Waals surface area contributed by atoms with Crippen LogP contribution in [0.25, 0.3) is 0 Å². The number of likely N-dealkylation sites (N-methyl/N-ethyl adjacent to an activating group) is 1. The summed E-state index contributed by atoms with van der Waals surface area (Å²) in [5.41, 5.74) is 2.43. The molecule has 1 saturated heterocycles. The van der Waals surface area contributed by atoms with Gasteiger partial charge in [0, 0.05) is 7.05 Å². The topological polar surface area (TPSA) is 32.3 Å². The van der Waals surface area contributed by atoms with Gasteiger partial charge in [0.25, 0.3) is 0 Å². The number of rotatable bonds is 4. The van der Waals surface area contributed by atoms with E-state index in [-0.39, 0.29) is 18.1 Å². The van der Waals surface area contributed by atoms with Gasteiger partial charge in [-0.05, 0) is 24.5 Å². The van der Waals surface area contributed by atoms with E-state index < -0.39 is 0 Å². The van der Waals surface area contributed by atoms with Gasteiger partial charge in [-0.15, -0.1) is 0 Å². The van der Waals surface area contributed by atoms with Crippen LogP contribution < -0.4 is 5.32 Å². The number of carbonyl (C=O) groups excluding carboxylic acids is 1. The van der Waals surface area contributed by atoms with E-state index in [1.165, 1.54) is 11.1 Å². The first-order valence-corrected chi connectivity index (χ1v) is 6.73. The van der Waals surface area contributed by atoms with Crippen molar-refractivity contribution in [3.63, 3.8) is 0 Å². The number of amides is 1. The van der Waals surface area contributed by atoms with E-state index in [1.54, 1.807) is 0 Å². The van der Waals surface area contributed by atoms with E-state index in [2.05, 4.69) is 31.3 Å². The van der Waals surface area contributed by atoms with Crippen LogP contribution >= 0.6 is 0 Å². The fraction of sp³-hybridized carbons (Fsp3) is 0.533. The molecule has 98 valence electrons. The maximum atomic E-state index is 12.2. The Labute approximate surface area is 109 Å². The van der Waals surface area contributed by atoms with Crippen molar-refractivity contribution in [2.24, 2.45) is 0 Å². The second-order valence-electron chi connectivity index (χ2n) is 5.07. The standard InChI is InChI=1S/C15H22N2O/c1-4-5-10-13-15(18)17(3)14(16-13)12-9-7-6-8-11(12)2/h6-9,13-14,16H,4-5,10H2,1-3H3. The highest BCUT2D eigenvalue weighted by Crippen LogP contribution is 2.27.